The number of aromatic amines is 2. The zero-order valence-corrected chi connectivity index (χ0v) is 46.9. The van der Waals surface area contributed by atoms with Crippen molar-refractivity contribution in [3.05, 3.63) is 81.9 Å². The number of imidazole rings is 3. The Morgan fingerprint density at radius 2 is 1.39 bits per heavy atom. The number of hydrogen-bond donors (Lipinski definition) is 14. The number of nitrogens with two attached hydrogens (primary N) is 2. The number of benzene rings is 1. The molecule has 1 aliphatic carbocycles. The maximum absolute atomic E-state index is 13.9. The third-order valence-corrected chi connectivity index (χ3v) is 19.0. The predicted octanol–water partition coefficient (Wildman–Crippen LogP) is -2.80. The Kier molecular flexibility index (Phi) is 17.3. The van der Waals surface area contributed by atoms with Crippen molar-refractivity contribution in [2.75, 3.05) is 50.3 Å². The Labute approximate surface area is 468 Å². The normalized spacial score (nSPS) is 28.0. The smallest absolute Gasteiger partial charge is 0.396 e. The first kappa shape index (κ1) is 61.2. The number of ether oxygens (including phenoxy) is 3. The van der Waals surface area contributed by atoms with Crippen molar-refractivity contribution in [1.29, 1.82) is 0 Å². The zero-order valence-electron chi connectivity index (χ0n) is 43.3. The lowest BCUT2D eigenvalue weighted by Crippen LogP contribution is -2.38. The Morgan fingerprint density at radius 1 is 0.762 bits per heavy atom. The molecule has 3 fully saturated rings. The molecule has 0 spiro atoms. The first-order valence-corrected chi connectivity index (χ1v) is 30.6. The van der Waals surface area contributed by atoms with Crippen LogP contribution < -0.4 is 32.5 Å². The number of nitrogens with zero attached hydrogens (tertiary/aromatic N) is 10. The van der Waals surface area contributed by atoms with Crippen LogP contribution in [0.25, 0.3) is 33.5 Å². The highest BCUT2D eigenvalue weighted by Crippen LogP contribution is 2.68. The number of anilines is 3. The van der Waals surface area contributed by atoms with Gasteiger partial charge in [0.05, 0.1) is 51.7 Å². The van der Waals surface area contributed by atoms with Crippen molar-refractivity contribution in [1.82, 2.24) is 53.6 Å². The molecule has 84 heavy (non-hydrogen) atoms. The van der Waals surface area contributed by atoms with E-state index in [1.54, 1.807) is 0 Å². The Hall–Kier alpha value is -5.93. The van der Waals surface area contributed by atoms with Crippen molar-refractivity contribution in [2.45, 2.75) is 73.9 Å². The number of aromatic nitrogens is 12. The second-order valence-corrected chi connectivity index (χ2v) is 25.2. The van der Waals surface area contributed by atoms with Gasteiger partial charge in [-0.15, -0.1) is 0 Å². The van der Waals surface area contributed by atoms with Crippen LogP contribution in [0.5, 0.6) is 0 Å². The van der Waals surface area contributed by atoms with Crippen LogP contribution in [0.1, 0.15) is 24.1 Å². The highest BCUT2D eigenvalue weighted by molar-refractivity contribution is 7.66. The number of aryl methyl sites for hydroxylation is 1. The molecule has 2 aliphatic heterocycles. The van der Waals surface area contributed by atoms with Crippen molar-refractivity contribution in [2.24, 2.45) is 18.9 Å². The second kappa shape index (κ2) is 23.7. The number of H-pyrrole nitrogens is 2. The highest BCUT2D eigenvalue weighted by atomic mass is 31.3. The third-order valence-electron chi connectivity index (χ3n) is 13.7. The van der Waals surface area contributed by atoms with E-state index in [9.17, 15) is 73.0 Å². The average molecular weight is 1260 g/mol. The van der Waals surface area contributed by atoms with Crippen LogP contribution in [0, 0.1) is 11.8 Å². The lowest BCUT2D eigenvalue weighted by atomic mass is 9.97. The molecule has 0 radical (unpaired) electrons. The summed E-state index contributed by atoms with van der Waals surface area (Å²) in [6.45, 7) is -4.05. The molecule has 0 amide bonds. The van der Waals surface area contributed by atoms with E-state index < -0.39 is 148 Å². The molecule has 10 rings (SSSR count). The van der Waals surface area contributed by atoms with E-state index in [1.807, 2.05) is 30.3 Å². The van der Waals surface area contributed by atoms with Crippen molar-refractivity contribution in [3.63, 3.8) is 0 Å². The largest absolute Gasteiger partial charge is 0.490 e. The molecule has 17 atom stereocenters. The van der Waals surface area contributed by atoms with Gasteiger partial charge < -0.3 is 76.1 Å². The van der Waals surface area contributed by atoms with Gasteiger partial charge in [0.15, 0.2) is 46.9 Å². The van der Waals surface area contributed by atoms with Gasteiger partial charge in [-0.25, -0.2) is 42.8 Å². The summed E-state index contributed by atoms with van der Waals surface area (Å²) in [6.07, 6.45) is -11.8. The lowest BCUT2D eigenvalue weighted by molar-refractivity contribution is -0.684. The number of nitrogens with one attached hydrogen (secondary N) is 3. The van der Waals surface area contributed by atoms with Gasteiger partial charge in [-0.1, -0.05) is 35.3 Å². The van der Waals surface area contributed by atoms with Crippen LogP contribution in [0.3, 0.4) is 0 Å². The predicted molar refractivity (Wildman–Crippen MR) is 278 cm³/mol. The summed E-state index contributed by atoms with van der Waals surface area (Å²) in [5.74, 6) is -2.65. The van der Waals surface area contributed by atoms with Gasteiger partial charge in [-0.05, 0) is 5.56 Å². The fourth-order valence-electron chi connectivity index (χ4n) is 9.90. The molecular weight excluding hydrogens is 1210 g/mol. The van der Waals surface area contributed by atoms with Crippen LogP contribution >= 0.6 is 31.3 Å². The number of methoxy groups -OCH3 is 1. The monoisotopic (exact) mass is 1260 g/mol. The van der Waals surface area contributed by atoms with Gasteiger partial charge in [0.25, 0.3) is 17.1 Å². The van der Waals surface area contributed by atoms with E-state index in [1.165, 1.54) is 39.7 Å². The zero-order chi connectivity index (χ0) is 60.4. The number of fused-ring (bicyclic) bond motifs is 3. The number of rotatable bonds is 25. The number of aliphatic hydroxyl groups excluding tert-OH is 5. The van der Waals surface area contributed by atoms with Gasteiger partial charge >= 0.3 is 36.9 Å². The van der Waals surface area contributed by atoms with Gasteiger partial charge in [-0.2, -0.15) is 13.6 Å². The molecule has 7 aromatic rings. The Balaban J connectivity index is 0.818. The molecule has 1 saturated carbocycles. The van der Waals surface area contributed by atoms with Gasteiger partial charge in [0, 0.05) is 32.1 Å². The average Bonchev–Trinajstić information content (AvgIpc) is 4.15. The molecule has 11 unspecified atom stereocenters. The van der Waals surface area contributed by atoms with Gasteiger partial charge in [0.2, 0.25) is 11.5 Å². The summed E-state index contributed by atoms with van der Waals surface area (Å²) < 4.78 is 105. The van der Waals surface area contributed by atoms with E-state index >= 15 is 0 Å². The van der Waals surface area contributed by atoms with Crippen LogP contribution in [0.15, 0.2) is 65.2 Å². The minimum atomic E-state index is -6.24. The van der Waals surface area contributed by atoms with Crippen molar-refractivity contribution in [3.8, 4) is 0 Å². The van der Waals surface area contributed by atoms with Crippen LogP contribution in [0.4, 0.5) is 17.7 Å². The summed E-state index contributed by atoms with van der Waals surface area (Å²) in [5, 5.41) is 57.1. The molecule has 43 heteroatoms. The quantitative estimate of drug-likeness (QED) is 0.0203. The lowest BCUT2D eigenvalue weighted by Gasteiger charge is -2.26. The first-order valence-electron chi connectivity index (χ1n) is 24.7. The van der Waals surface area contributed by atoms with Crippen LogP contribution in [-0.4, -0.2) is 181 Å². The summed E-state index contributed by atoms with van der Waals surface area (Å²) in [7, 11) is -21.0. The minimum absolute atomic E-state index is 0.0401. The molecule has 456 valence electrons. The molecule has 8 heterocycles. The number of phosphoric ester groups is 3. The fourth-order valence-corrected chi connectivity index (χ4v) is 14.4. The summed E-state index contributed by atoms with van der Waals surface area (Å²) in [6, 6.07) is 8.28. The molecular formula is C41H54N15O24P4+. The summed E-state index contributed by atoms with van der Waals surface area (Å²) in [5.41, 5.74) is 10.9. The SMILES string of the molecule is COC1C(OP(=O)(O)OC[C@H]2O[C@@H](n3cnc4c(=O)[nH]c(N)nc43)C(O)C2O)[C@@H](COP(=O)(O)OP(=O)(O)OP(=O)(O)OC[C@@H](O)C(CO)C2C(O)[C@H]2[n+]2cn(C)c3c(=O)[nH]c(N)nc32)O[C@H]1n1cnc2c(NCc3ccccc3)ncnc21. The summed E-state index contributed by atoms with van der Waals surface area (Å²) >= 11 is 0. The van der Waals surface area contributed by atoms with E-state index in [-0.39, 0.29) is 51.2 Å². The van der Waals surface area contributed by atoms with E-state index in [0.717, 1.165) is 23.6 Å². The maximum atomic E-state index is 13.9. The second-order valence-electron chi connectivity index (χ2n) is 19.2. The van der Waals surface area contributed by atoms with E-state index in [4.69, 9.17) is 39.2 Å². The number of nitrogen functional groups attached to an aromatic ring is 2. The van der Waals surface area contributed by atoms with Gasteiger partial charge in [-0.3, -0.25) is 51.4 Å². The van der Waals surface area contributed by atoms with Gasteiger partial charge in [0.1, 0.15) is 49.0 Å². The molecule has 3 aliphatic rings. The fraction of sp³-hybridized carbons (Fsp3) is 0.488. The molecule has 0 bridgehead atoms. The molecule has 6 aromatic heterocycles. The topological polar surface area (TPSA) is 559 Å². The first-order chi connectivity index (χ1) is 39.7. The standard InChI is InChI=1S/C41H53N15O24P4/c1-53-16-56(35-26(53)37(63)52-41(43)50-35)25-22(28(25)60)18(9-57)19(58)10-73-82(66,67)79-84(70,71)80-83(68,69)75-12-21-30(31(72-2)39(77-21)54-14-47-23-32(45-13-46-33(23)54)44-8-17-6-4-3-5-7-17)78-81(64,65)74-11-20-27(59)29(61)38(76-20)55-15-48-24-34(55)49-40(42)51-36(24)62/h3-7,13-16,18-22,25,27-31,38-39,57-61H,8-12H2,1-2H3,(H10-,42,43,44,45,46,49,50,51,52,62,63,64,65,66,67,68,69,70,71)/p+1/t18?,19-,20-,21-,22?,25+,27?,28?,29?,30?,31?,38-,39-/m1/s1. The minimum Gasteiger partial charge on any atom is -0.396 e. The molecule has 16 N–H and O–H groups in total. The highest BCUT2D eigenvalue weighted by Gasteiger charge is 2.60. The number of hydrogen-bond acceptors (Lipinski definition) is 29. The Bertz CT molecular complexity index is 3890. The number of phosphoric acid groups is 4. The third kappa shape index (κ3) is 12.7. The number of aliphatic hydroxyl groups is 5. The van der Waals surface area contributed by atoms with Crippen LogP contribution in [0.2, 0.25) is 0 Å². The van der Waals surface area contributed by atoms with Crippen LogP contribution in [-0.2, 0) is 72.8 Å². The maximum Gasteiger partial charge on any atom is 0.490 e. The molecule has 1 aromatic carbocycles. The van der Waals surface area contributed by atoms with E-state index in [2.05, 4.69) is 58.3 Å². The summed E-state index contributed by atoms with van der Waals surface area (Å²) in [4.78, 5) is 97.4. The molecule has 2 saturated heterocycles. The van der Waals surface area contributed by atoms with Crippen molar-refractivity contribution < 1.29 is 109 Å². The molecule has 39 nitrogen and oxygen atoms in total. The Morgan fingerprint density at radius 3 is 2.10 bits per heavy atom. The van der Waals surface area contributed by atoms with E-state index in [0.29, 0.717) is 6.54 Å². The van der Waals surface area contributed by atoms with Crippen molar-refractivity contribution >= 4 is 82.5 Å².